The van der Waals surface area contributed by atoms with Crippen molar-refractivity contribution in [1.82, 2.24) is 4.57 Å². The molecule has 1 spiro atoms. The zero-order chi connectivity index (χ0) is 43.1. The summed E-state index contributed by atoms with van der Waals surface area (Å²) in [5.74, 6) is 0. The average Bonchev–Trinajstić information content (AvgIpc) is 4.02. The minimum Gasteiger partial charge on any atom is -0.310 e. The Hall–Kier alpha value is -8.24. The quantitative estimate of drug-likeness (QED) is 0.171. The van der Waals surface area contributed by atoms with Gasteiger partial charge in [0.1, 0.15) is 0 Å². The average molecular weight is 855 g/mol. The Balaban J connectivity index is 1.06. The van der Waals surface area contributed by atoms with E-state index in [1.807, 2.05) is 11.3 Å². The number of fused-ring (bicyclic) bond motifs is 16. The van der Waals surface area contributed by atoms with Crippen molar-refractivity contribution in [3.63, 3.8) is 0 Å². The second kappa shape index (κ2) is 13.4. The Kier molecular flexibility index (Phi) is 7.34. The summed E-state index contributed by atoms with van der Waals surface area (Å²) in [5.41, 5.74) is 16.9. The summed E-state index contributed by atoms with van der Waals surface area (Å²) in [4.78, 5) is 2.55. The van der Waals surface area contributed by atoms with Crippen molar-refractivity contribution in [3.8, 4) is 27.9 Å². The van der Waals surface area contributed by atoms with Crippen LogP contribution in [-0.4, -0.2) is 4.57 Å². The van der Waals surface area contributed by atoms with Gasteiger partial charge < -0.3 is 9.47 Å². The summed E-state index contributed by atoms with van der Waals surface area (Å²) in [6.07, 6.45) is 0. The van der Waals surface area contributed by atoms with Gasteiger partial charge in [-0.2, -0.15) is 0 Å². The van der Waals surface area contributed by atoms with Gasteiger partial charge in [-0.25, -0.2) is 0 Å². The van der Waals surface area contributed by atoms with Crippen LogP contribution in [0.15, 0.2) is 231 Å². The van der Waals surface area contributed by atoms with Gasteiger partial charge in [0, 0.05) is 47.7 Å². The summed E-state index contributed by atoms with van der Waals surface area (Å²) in [6.45, 7) is 0. The van der Waals surface area contributed by atoms with Crippen LogP contribution in [0.4, 0.5) is 17.1 Å². The molecule has 2 nitrogen and oxygen atoms in total. The van der Waals surface area contributed by atoms with Crippen LogP contribution in [0.25, 0.3) is 91.5 Å². The van der Waals surface area contributed by atoms with Crippen molar-refractivity contribution in [3.05, 3.63) is 253 Å². The molecule has 2 heterocycles. The molecule has 0 fully saturated rings. The number of para-hydroxylation sites is 1. The molecule has 1 unspecified atom stereocenters. The van der Waals surface area contributed by atoms with Crippen molar-refractivity contribution < 1.29 is 0 Å². The normalized spacial score (nSPS) is 14.7. The zero-order valence-corrected chi connectivity index (χ0v) is 36.6. The summed E-state index contributed by atoms with van der Waals surface area (Å²) in [5, 5.41) is 10.1. The number of aromatic nitrogens is 1. The number of hydrogen-bond donors (Lipinski definition) is 0. The standard InChI is InChI=1S/C63H38N2S/c1-2-19-43-39(15-1)16-13-29-55(43)65-56-28-9-5-22-47(56)48-36-34-42(38-58(48)65)64(57-30-14-32-60-62(57)50-23-6-10-31-59(50)66-60)41-33-35-46-44-20-3-7-25-51(44)63(54(46)37-41)52-26-8-4-21-45(52)49-24-11-17-40-18-12-27-53(63)61(40)49/h1-38H. The molecule has 2 aromatic heterocycles. The maximum atomic E-state index is 2.55. The molecule has 1 atom stereocenters. The minimum atomic E-state index is -0.538. The van der Waals surface area contributed by atoms with Gasteiger partial charge in [0.2, 0.25) is 0 Å². The number of thiophene rings is 1. The molecule has 15 rings (SSSR count). The monoisotopic (exact) mass is 854 g/mol. The molecule has 0 amide bonds. The number of hydrogen-bond acceptors (Lipinski definition) is 2. The first-order valence-electron chi connectivity index (χ1n) is 22.8. The minimum absolute atomic E-state index is 0.538. The first-order valence-corrected chi connectivity index (χ1v) is 23.7. The third-order valence-corrected chi connectivity index (χ3v) is 15.9. The van der Waals surface area contributed by atoms with Crippen LogP contribution in [0.2, 0.25) is 0 Å². The highest BCUT2D eigenvalue weighted by molar-refractivity contribution is 7.26. The van der Waals surface area contributed by atoms with Gasteiger partial charge in [-0.05, 0) is 115 Å². The number of benzene rings is 11. The molecule has 0 bridgehead atoms. The molecular weight excluding hydrogens is 817 g/mol. The predicted octanol–water partition coefficient (Wildman–Crippen LogP) is 17.3. The van der Waals surface area contributed by atoms with Crippen LogP contribution in [-0.2, 0) is 5.41 Å². The lowest BCUT2D eigenvalue weighted by atomic mass is 9.61. The maximum Gasteiger partial charge on any atom is 0.0726 e. The van der Waals surface area contributed by atoms with Crippen molar-refractivity contribution in [1.29, 1.82) is 0 Å². The number of nitrogens with zero attached hydrogens (tertiary/aromatic N) is 2. The van der Waals surface area contributed by atoms with Gasteiger partial charge in [-0.3, -0.25) is 0 Å². The topological polar surface area (TPSA) is 8.17 Å². The molecule has 3 heteroatoms. The van der Waals surface area contributed by atoms with Crippen molar-refractivity contribution in [2.75, 3.05) is 4.90 Å². The molecule has 0 radical (unpaired) electrons. The van der Waals surface area contributed by atoms with Crippen molar-refractivity contribution >= 4 is 91.9 Å². The predicted molar refractivity (Wildman–Crippen MR) is 280 cm³/mol. The van der Waals surface area contributed by atoms with E-state index in [-0.39, 0.29) is 0 Å². The van der Waals surface area contributed by atoms with Crippen molar-refractivity contribution in [2.45, 2.75) is 5.41 Å². The highest BCUT2D eigenvalue weighted by atomic mass is 32.1. The van der Waals surface area contributed by atoms with Crippen LogP contribution in [0.5, 0.6) is 0 Å². The molecule has 11 aromatic carbocycles. The SMILES string of the molecule is c1ccc2c(c1)-c1ccc(N(c3ccc4c5ccccc5n(-c5cccc6ccccc56)c4c3)c3cccc4sc5ccccc5c34)cc1C21c2ccccc2-c2cccc3cccc1c23. The van der Waals surface area contributed by atoms with E-state index in [9.17, 15) is 0 Å². The Labute approximate surface area is 385 Å². The van der Waals surface area contributed by atoms with Gasteiger partial charge >= 0.3 is 0 Å². The fraction of sp³-hybridized carbons (Fsp3) is 0.0159. The van der Waals surface area contributed by atoms with E-state index in [1.165, 1.54) is 114 Å². The van der Waals surface area contributed by atoms with Crippen LogP contribution >= 0.6 is 11.3 Å². The second-order valence-corrected chi connectivity index (χ2v) is 19.0. The molecule has 0 saturated heterocycles. The molecule has 0 aliphatic heterocycles. The van der Waals surface area contributed by atoms with Gasteiger partial charge in [0.15, 0.2) is 0 Å². The molecule has 13 aromatic rings. The summed E-state index contributed by atoms with van der Waals surface area (Å²) in [7, 11) is 0. The summed E-state index contributed by atoms with van der Waals surface area (Å²) >= 11 is 1.87. The fourth-order valence-corrected chi connectivity index (χ4v) is 13.3. The summed E-state index contributed by atoms with van der Waals surface area (Å²) < 4.78 is 5.06. The van der Waals surface area contributed by atoms with E-state index in [2.05, 4.69) is 240 Å². The first kappa shape index (κ1) is 36.1. The number of anilines is 3. The summed E-state index contributed by atoms with van der Waals surface area (Å²) in [6, 6.07) is 86.6. The van der Waals surface area contributed by atoms with Crippen LogP contribution in [0, 0.1) is 0 Å². The fourth-order valence-electron chi connectivity index (χ4n) is 12.2. The number of rotatable bonds is 4. The van der Waals surface area contributed by atoms with Gasteiger partial charge in [0.25, 0.3) is 0 Å². The van der Waals surface area contributed by atoms with E-state index in [1.54, 1.807) is 0 Å². The lowest BCUT2D eigenvalue weighted by Gasteiger charge is -2.40. The second-order valence-electron chi connectivity index (χ2n) is 17.9. The lowest BCUT2D eigenvalue weighted by Crippen LogP contribution is -2.32. The zero-order valence-electron chi connectivity index (χ0n) is 35.7. The van der Waals surface area contributed by atoms with E-state index in [0.717, 1.165) is 17.1 Å². The van der Waals surface area contributed by atoms with Crippen LogP contribution in [0.1, 0.15) is 22.3 Å². The molecule has 66 heavy (non-hydrogen) atoms. The molecule has 0 saturated carbocycles. The Bertz CT molecular complexity index is 4200. The van der Waals surface area contributed by atoms with Crippen molar-refractivity contribution in [2.24, 2.45) is 0 Å². The van der Waals surface area contributed by atoms with E-state index < -0.39 is 5.41 Å². The molecule has 306 valence electrons. The van der Waals surface area contributed by atoms with Gasteiger partial charge in [-0.1, -0.05) is 176 Å². The highest BCUT2D eigenvalue weighted by Crippen LogP contribution is 2.62. The molecule has 2 aliphatic carbocycles. The van der Waals surface area contributed by atoms with E-state index >= 15 is 0 Å². The Morgan fingerprint density at radius 2 is 0.924 bits per heavy atom. The van der Waals surface area contributed by atoms with Crippen LogP contribution in [0.3, 0.4) is 0 Å². The Morgan fingerprint density at radius 3 is 1.80 bits per heavy atom. The third kappa shape index (κ3) is 4.69. The smallest absolute Gasteiger partial charge is 0.0726 e. The lowest BCUT2D eigenvalue weighted by molar-refractivity contribution is 0.773. The van der Waals surface area contributed by atoms with Gasteiger partial charge in [0.05, 0.1) is 27.8 Å². The highest BCUT2D eigenvalue weighted by Gasteiger charge is 2.50. The molecule has 0 N–H and O–H groups in total. The molecular formula is C63H38N2S. The first-order chi connectivity index (χ1) is 32.8. The Morgan fingerprint density at radius 1 is 0.348 bits per heavy atom. The van der Waals surface area contributed by atoms with Crippen LogP contribution < -0.4 is 4.90 Å². The molecule has 2 aliphatic rings. The van der Waals surface area contributed by atoms with Gasteiger partial charge in [-0.15, -0.1) is 11.3 Å². The van der Waals surface area contributed by atoms with E-state index in [0.29, 0.717) is 0 Å². The van der Waals surface area contributed by atoms with E-state index in [4.69, 9.17) is 0 Å². The third-order valence-electron chi connectivity index (χ3n) is 14.8. The largest absolute Gasteiger partial charge is 0.310 e. The maximum absolute atomic E-state index is 2.55.